The lowest BCUT2D eigenvalue weighted by Gasteiger charge is -2.12. The van der Waals surface area contributed by atoms with Crippen molar-refractivity contribution in [2.24, 2.45) is 0 Å². The van der Waals surface area contributed by atoms with Gasteiger partial charge in [0, 0.05) is 17.5 Å². The van der Waals surface area contributed by atoms with Crippen LogP contribution in [-0.4, -0.2) is 20.7 Å². The standard InChI is InChI=1S/C24H22N4O2/c1-17-15-18(2)28(27-17)21-12-10-19(11-13-21)24(29)26-22-8-3-4-9-23(22)30-16-20-7-5-6-14-25-20/h3-15H,16H2,1-2H3,(H,26,29). The Hall–Kier alpha value is -3.93. The number of nitrogens with zero attached hydrogens (tertiary/aromatic N) is 3. The number of amides is 1. The number of aryl methyl sites for hydroxylation is 2. The molecule has 4 aromatic rings. The van der Waals surface area contributed by atoms with Crippen LogP contribution in [0.5, 0.6) is 5.75 Å². The van der Waals surface area contributed by atoms with Gasteiger partial charge in [-0.3, -0.25) is 9.78 Å². The van der Waals surface area contributed by atoms with Gasteiger partial charge in [0.05, 0.1) is 22.8 Å². The fraction of sp³-hybridized carbons (Fsp3) is 0.125. The molecule has 2 aromatic heterocycles. The van der Waals surface area contributed by atoms with Crippen molar-refractivity contribution in [3.05, 3.63) is 102 Å². The summed E-state index contributed by atoms with van der Waals surface area (Å²) in [4.78, 5) is 17.0. The number of pyridine rings is 1. The van der Waals surface area contributed by atoms with Gasteiger partial charge in [-0.05, 0) is 68.4 Å². The van der Waals surface area contributed by atoms with E-state index in [4.69, 9.17) is 4.74 Å². The molecule has 0 spiro atoms. The molecule has 0 saturated heterocycles. The number of carbonyl (C=O) groups is 1. The van der Waals surface area contributed by atoms with Crippen molar-refractivity contribution in [1.82, 2.24) is 14.8 Å². The second kappa shape index (κ2) is 8.61. The lowest BCUT2D eigenvalue weighted by atomic mass is 10.2. The highest BCUT2D eigenvalue weighted by Gasteiger charge is 2.11. The van der Waals surface area contributed by atoms with E-state index >= 15 is 0 Å². The molecule has 4 rings (SSSR count). The highest BCUT2D eigenvalue weighted by molar-refractivity contribution is 6.05. The zero-order valence-electron chi connectivity index (χ0n) is 16.9. The van der Waals surface area contributed by atoms with E-state index in [0.717, 1.165) is 22.8 Å². The lowest BCUT2D eigenvalue weighted by Crippen LogP contribution is -2.13. The topological polar surface area (TPSA) is 69.0 Å². The minimum absolute atomic E-state index is 0.205. The first-order valence-corrected chi connectivity index (χ1v) is 9.67. The van der Waals surface area contributed by atoms with Crippen molar-refractivity contribution in [3.8, 4) is 11.4 Å². The molecule has 6 heteroatoms. The molecule has 2 aromatic carbocycles. The quantitative estimate of drug-likeness (QED) is 0.510. The number of aromatic nitrogens is 3. The van der Waals surface area contributed by atoms with Gasteiger partial charge in [0.25, 0.3) is 5.91 Å². The number of benzene rings is 2. The summed E-state index contributed by atoms with van der Waals surface area (Å²) >= 11 is 0. The predicted octanol–water partition coefficient (Wildman–Crippen LogP) is 4.72. The van der Waals surface area contributed by atoms with Crippen LogP contribution >= 0.6 is 0 Å². The summed E-state index contributed by atoms with van der Waals surface area (Å²) < 4.78 is 7.72. The number of para-hydroxylation sites is 2. The van der Waals surface area contributed by atoms with Crippen LogP contribution in [0.3, 0.4) is 0 Å². The molecule has 0 fully saturated rings. The second-order valence-corrected chi connectivity index (χ2v) is 6.95. The Morgan fingerprint density at radius 3 is 2.47 bits per heavy atom. The van der Waals surface area contributed by atoms with Gasteiger partial charge in [-0.2, -0.15) is 5.10 Å². The van der Waals surface area contributed by atoms with E-state index in [1.807, 2.05) is 79.2 Å². The van der Waals surface area contributed by atoms with Crippen molar-refractivity contribution in [3.63, 3.8) is 0 Å². The minimum atomic E-state index is -0.205. The Bertz CT molecular complexity index is 1150. The number of carbonyl (C=O) groups excluding carboxylic acids is 1. The third kappa shape index (κ3) is 4.38. The molecule has 0 aliphatic rings. The highest BCUT2D eigenvalue weighted by atomic mass is 16.5. The zero-order chi connectivity index (χ0) is 20.9. The van der Waals surface area contributed by atoms with Crippen LogP contribution in [0.2, 0.25) is 0 Å². The third-order valence-electron chi connectivity index (χ3n) is 4.62. The molecule has 1 amide bonds. The summed E-state index contributed by atoms with van der Waals surface area (Å²) in [5, 5.41) is 7.41. The van der Waals surface area contributed by atoms with Crippen molar-refractivity contribution < 1.29 is 9.53 Å². The van der Waals surface area contributed by atoms with Crippen LogP contribution in [0.1, 0.15) is 27.4 Å². The summed E-state index contributed by atoms with van der Waals surface area (Å²) in [5.41, 5.74) is 4.90. The van der Waals surface area contributed by atoms with Gasteiger partial charge in [-0.25, -0.2) is 4.68 Å². The first kappa shape index (κ1) is 19.4. The molecule has 0 radical (unpaired) electrons. The highest BCUT2D eigenvalue weighted by Crippen LogP contribution is 2.25. The molecule has 0 aliphatic carbocycles. The van der Waals surface area contributed by atoms with E-state index in [1.54, 1.807) is 18.3 Å². The molecule has 0 atom stereocenters. The van der Waals surface area contributed by atoms with Gasteiger partial charge in [0.1, 0.15) is 12.4 Å². The maximum atomic E-state index is 12.8. The number of ether oxygens (including phenoxy) is 1. The van der Waals surface area contributed by atoms with Gasteiger partial charge >= 0.3 is 0 Å². The van der Waals surface area contributed by atoms with Gasteiger partial charge in [0.2, 0.25) is 0 Å². The van der Waals surface area contributed by atoms with Crippen molar-refractivity contribution in [2.75, 3.05) is 5.32 Å². The summed E-state index contributed by atoms with van der Waals surface area (Å²) in [6.07, 6.45) is 1.72. The molecule has 2 heterocycles. The Kier molecular flexibility index (Phi) is 5.57. The summed E-state index contributed by atoms with van der Waals surface area (Å²) in [5.74, 6) is 0.388. The van der Waals surface area contributed by atoms with E-state index in [-0.39, 0.29) is 5.91 Å². The summed E-state index contributed by atoms with van der Waals surface area (Å²) in [6, 6.07) is 22.4. The normalized spacial score (nSPS) is 10.6. The van der Waals surface area contributed by atoms with Gasteiger partial charge in [-0.15, -0.1) is 0 Å². The molecule has 0 unspecified atom stereocenters. The fourth-order valence-electron chi connectivity index (χ4n) is 3.17. The van der Waals surface area contributed by atoms with Crippen LogP contribution in [0.15, 0.2) is 79.0 Å². The molecule has 1 N–H and O–H groups in total. The van der Waals surface area contributed by atoms with E-state index in [9.17, 15) is 4.79 Å². The van der Waals surface area contributed by atoms with E-state index in [0.29, 0.717) is 23.6 Å². The van der Waals surface area contributed by atoms with Crippen LogP contribution < -0.4 is 10.1 Å². The average molecular weight is 398 g/mol. The predicted molar refractivity (Wildman–Crippen MR) is 116 cm³/mol. The molecule has 0 saturated carbocycles. The molecule has 6 nitrogen and oxygen atoms in total. The second-order valence-electron chi connectivity index (χ2n) is 6.95. The minimum Gasteiger partial charge on any atom is -0.485 e. The number of anilines is 1. The SMILES string of the molecule is Cc1cc(C)n(-c2ccc(C(=O)Nc3ccccc3OCc3ccccn3)cc2)n1. The smallest absolute Gasteiger partial charge is 0.255 e. The molecular weight excluding hydrogens is 376 g/mol. The van der Waals surface area contributed by atoms with E-state index in [1.165, 1.54) is 0 Å². The summed E-state index contributed by atoms with van der Waals surface area (Å²) in [7, 11) is 0. The first-order chi connectivity index (χ1) is 14.6. The number of nitrogens with one attached hydrogen (secondary N) is 1. The Balaban J connectivity index is 1.47. The number of rotatable bonds is 6. The first-order valence-electron chi connectivity index (χ1n) is 9.67. The Morgan fingerprint density at radius 1 is 1.00 bits per heavy atom. The average Bonchev–Trinajstić information content (AvgIpc) is 3.12. The van der Waals surface area contributed by atoms with Crippen molar-refractivity contribution >= 4 is 11.6 Å². The molecule has 30 heavy (non-hydrogen) atoms. The summed E-state index contributed by atoms with van der Waals surface area (Å²) in [6.45, 7) is 4.28. The Labute approximate surface area is 175 Å². The number of hydrogen-bond acceptors (Lipinski definition) is 4. The lowest BCUT2D eigenvalue weighted by molar-refractivity contribution is 0.102. The third-order valence-corrected chi connectivity index (χ3v) is 4.62. The fourth-order valence-corrected chi connectivity index (χ4v) is 3.17. The molecule has 0 bridgehead atoms. The van der Waals surface area contributed by atoms with Gasteiger partial charge in [-0.1, -0.05) is 18.2 Å². The van der Waals surface area contributed by atoms with E-state index < -0.39 is 0 Å². The van der Waals surface area contributed by atoms with Crippen LogP contribution in [-0.2, 0) is 6.61 Å². The maximum absolute atomic E-state index is 12.8. The van der Waals surface area contributed by atoms with Crippen molar-refractivity contribution in [2.45, 2.75) is 20.5 Å². The van der Waals surface area contributed by atoms with Crippen LogP contribution in [0.4, 0.5) is 5.69 Å². The molecule has 0 aliphatic heterocycles. The van der Waals surface area contributed by atoms with Crippen LogP contribution in [0.25, 0.3) is 5.69 Å². The Morgan fingerprint density at radius 2 is 1.77 bits per heavy atom. The monoisotopic (exact) mass is 398 g/mol. The van der Waals surface area contributed by atoms with Crippen molar-refractivity contribution in [1.29, 1.82) is 0 Å². The largest absolute Gasteiger partial charge is 0.485 e. The van der Waals surface area contributed by atoms with Crippen LogP contribution in [0, 0.1) is 13.8 Å². The number of hydrogen-bond donors (Lipinski definition) is 1. The van der Waals surface area contributed by atoms with E-state index in [2.05, 4.69) is 15.4 Å². The zero-order valence-corrected chi connectivity index (χ0v) is 16.9. The molecule has 150 valence electrons. The van der Waals surface area contributed by atoms with Gasteiger partial charge < -0.3 is 10.1 Å². The molecular formula is C24H22N4O2. The maximum Gasteiger partial charge on any atom is 0.255 e. The van der Waals surface area contributed by atoms with Gasteiger partial charge in [0.15, 0.2) is 0 Å².